The number of aliphatic hydroxyl groups is 1. The van der Waals surface area contributed by atoms with Crippen molar-refractivity contribution < 1.29 is 39.0 Å². The zero-order chi connectivity index (χ0) is 25.7. The van der Waals surface area contributed by atoms with Gasteiger partial charge in [-0.3, -0.25) is 9.59 Å². The van der Waals surface area contributed by atoms with Gasteiger partial charge in [-0.25, -0.2) is 9.36 Å². The summed E-state index contributed by atoms with van der Waals surface area (Å²) in [5.74, 6) is -2.95. The molecule has 3 atom stereocenters. The van der Waals surface area contributed by atoms with Gasteiger partial charge < -0.3 is 25.0 Å². The molecule has 36 heavy (non-hydrogen) atoms. The van der Waals surface area contributed by atoms with Crippen LogP contribution in [-0.2, 0) is 25.7 Å². The van der Waals surface area contributed by atoms with E-state index in [1.165, 1.54) is 17.0 Å². The van der Waals surface area contributed by atoms with Crippen molar-refractivity contribution in [2.24, 2.45) is 5.92 Å². The normalized spacial score (nSPS) is 19.8. The summed E-state index contributed by atoms with van der Waals surface area (Å²) >= 11 is 0. The number of benzene rings is 2. The van der Waals surface area contributed by atoms with Crippen molar-refractivity contribution in [1.29, 1.82) is 0 Å². The Labute approximate surface area is 206 Å². The number of esters is 2. The van der Waals surface area contributed by atoms with Gasteiger partial charge in [0.2, 0.25) is 5.91 Å². The van der Waals surface area contributed by atoms with E-state index in [-0.39, 0.29) is 29.1 Å². The molecule has 0 radical (unpaired) electrons. The molecule has 1 unspecified atom stereocenters. The maximum atomic E-state index is 12.7. The van der Waals surface area contributed by atoms with Crippen molar-refractivity contribution in [1.82, 2.24) is 4.90 Å². The van der Waals surface area contributed by atoms with Crippen LogP contribution in [0.1, 0.15) is 31.4 Å². The minimum Gasteiger partial charge on any atom is -0.504 e. The Balaban J connectivity index is 1.42. The summed E-state index contributed by atoms with van der Waals surface area (Å²) in [6.45, 7) is 3.21. The third-order valence-corrected chi connectivity index (χ3v) is 6.76. The predicted octanol–water partition coefficient (Wildman–Crippen LogP) is 2.00. The first-order valence-corrected chi connectivity index (χ1v) is 11.5. The molecule has 1 saturated heterocycles. The predicted molar refractivity (Wildman–Crippen MR) is 127 cm³/mol. The number of aromatic hydroxyl groups is 2. The number of carbonyl (C=O) groups excluding carboxylic acids is 3. The molecule has 2 aromatic carbocycles. The Morgan fingerprint density at radius 2 is 1.78 bits per heavy atom. The fourth-order valence-electron chi connectivity index (χ4n) is 5.08. The summed E-state index contributed by atoms with van der Waals surface area (Å²) in [6.07, 6.45) is 3.26. The van der Waals surface area contributed by atoms with Crippen LogP contribution in [-0.4, -0.2) is 50.2 Å². The number of hydrogen-bond acceptors (Lipinski definition) is 7. The summed E-state index contributed by atoms with van der Waals surface area (Å²) < 4.78 is 6.75. The topological polar surface area (TPSA) is 128 Å². The number of amides is 1. The number of nitrogens with zero attached hydrogens (tertiary/aromatic N) is 2. The van der Waals surface area contributed by atoms with Crippen LogP contribution < -0.4 is 4.57 Å². The van der Waals surface area contributed by atoms with Gasteiger partial charge in [0.25, 0.3) is 0 Å². The fraction of sp³-hybridized carbons (Fsp3) is 0.259. The highest BCUT2D eigenvalue weighted by molar-refractivity contribution is 6.09. The van der Waals surface area contributed by atoms with E-state index in [2.05, 4.69) is 0 Å². The van der Waals surface area contributed by atoms with Crippen LogP contribution in [0, 0.1) is 5.92 Å². The van der Waals surface area contributed by atoms with E-state index >= 15 is 0 Å². The Morgan fingerprint density at radius 3 is 2.42 bits per heavy atom. The third kappa shape index (κ3) is 3.97. The Bertz CT molecular complexity index is 1440. The first-order valence-electron chi connectivity index (χ1n) is 11.5. The van der Waals surface area contributed by atoms with Crippen molar-refractivity contribution in [3.05, 3.63) is 71.7 Å². The minimum absolute atomic E-state index is 0.0526. The molecular formula is C27H25N2O7+. The molecule has 3 aromatic rings. The molecule has 0 bridgehead atoms. The highest BCUT2D eigenvalue weighted by Gasteiger charge is 2.57. The molecule has 3 heterocycles. The van der Waals surface area contributed by atoms with Gasteiger partial charge in [0.15, 0.2) is 30.4 Å². The summed E-state index contributed by atoms with van der Waals surface area (Å²) in [5.41, 5.74) is 2.35. The van der Waals surface area contributed by atoms with E-state index in [1.54, 1.807) is 6.92 Å². The summed E-state index contributed by atoms with van der Waals surface area (Å²) in [4.78, 5) is 38.1. The molecule has 9 heteroatoms. The fourth-order valence-corrected chi connectivity index (χ4v) is 5.08. The lowest BCUT2D eigenvalue weighted by molar-refractivity contribution is -0.687. The number of phenolic OH excluding ortho intramolecular Hbond substituents is 2. The smallest absolute Gasteiger partial charge is 0.363 e. The van der Waals surface area contributed by atoms with Crippen molar-refractivity contribution in [2.75, 3.05) is 0 Å². The molecule has 3 N–H and O–H groups in total. The summed E-state index contributed by atoms with van der Waals surface area (Å²) in [6, 6.07) is 12.0. The van der Waals surface area contributed by atoms with Crippen LogP contribution in [0.25, 0.3) is 16.3 Å². The van der Waals surface area contributed by atoms with Crippen molar-refractivity contribution in [3.63, 3.8) is 0 Å². The van der Waals surface area contributed by atoms with Crippen LogP contribution in [0.3, 0.4) is 0 Å². The average Bonchev–Trinajstić information content (AvgIpc) is 3.15. The van der Waals surface area contributed by atoms with Crippen molar-refractivity contribution >= 4 is 34.2 Å². The molecule has 1 fully saturated rings. The van der Waals surface area contributed by atoms with Crippen LogP contribution in [0.5, 0.6) is 11.5 Å². The second kappa shape index (κ2) is 8.76. The number of β-lactam (4-membered cyclic amide) rings is 1. The van der Waals surface area contributed by atoms with E-state index < -0.39 is 24.0 Å². The van der Waals surface area contributed by atoms with Gasteiger partial charge in [-0.05, 0) is 42.0 Å². The molecule has 2 aliphatic rings. The largest absolute Gasteiger partial charge is 0.504 e. The highest BCUT2D eigenvalue weighted by Crippen LogP contribution is 2.47. The molecule has 1 amide bonds. The van der Waals surface area contributed by atoms with Crippen molar-refractivity contribution in [2.45, 2.75) is 39.0 Å². The van der Waals surface area contributed by atoms with Crippen LogP contribution in [0.4, 0.5) is 0 Å². The van der Waals surface area contributed by atoms with Gasteiger partial charge in [-0.1, -0.05) is 24.3 Å². The lowest BCUT2D eigenvalue weighted by Gasteiger charge is -2.44. The van der Waals surface area contributed by atoms with E-state index in [0.717, 1.165) is 28.8 Å². The molecule has 5 rings (SSSR count). The summed E-state index contributed by atoms with van der Waals surface area (Å²) in [7, 11) is 0. The maximum Gasteiger partial charge on any atom is 0.363 e. The quantitative estimate of drug-likeness (QED) is 0.164. The second-order valence-corrected chi connectivity index (χ2v) is 9.24. The van der Waals surface area contributed by atoms with E-state index in [9.17, 15) is 29.7 Å². The third-order valence-electron chi connectivity index (χ3n) is 6.76. The number of pyridine rings is 1. The van der Waals surface area contributed by atoms with Crippen LogP contribution >= 0.6 is 0 Å². The molecule has 1 aromatic heterocycles. The lowest BCUT2D eigenvalue weighted by atomic mass is 9.82. The van der Waals surface area contributed by atoms with Gasteiger partial charge in [0.05, 0.1) is 18.1 Å². The average molecular weight is 490 g/mol. The molecule has 0 saturated carbocycles. The zero-order valence-corrected chi connectivity index (χ0v) is 19.7. The van der Waals surface area contributed by atoms with Gasteiger partial charge in [-0.15, -0.1) is 0 Å². The Morgan fingerprint density at radius 1 is 1.11 bits per heavy atom. The van der Waals surface area contributed by atoms with Crippen LogP contribution in [0.2, 0.25) is 0 Å². The minimum atomic E-state index is -0.873. The van der Waals surface area contributed by atoms with Crippen molar-refractivity contribution in [3.8, 4) is 11.5 Å². The molecular weight excluding hydrogens is 464 g/mol. The Kier molecular flexibility index (Phi) is 5.72. The van der Waals surface area contributed by atoms with Gasteiger partial charge in [0.1, 0.15) is 5.70 Å². The first-order chi connectivity index (χ1) is 17.1. The van der Waals surface area contributed by atoms with E-state index in [4.69, 9.17) is 4.74 Å². The van der Waals surface area contributed by atoms with Gasteiger partial charge in [0, 0.05) is 23.9 Å². The number of aliphatic hydroxyl groups excluding tert-OH is 1. The maximum absolute atomic E-state index is 12.7. The standard InChI is InChI=1S/C27H24N2O7/c1-14(30)24-21-11-20(25(29(21)26(24)34)27(35)36-15(2)31)17-5-3-16(4-6-17)12-28-8-7-18-9-22(32)23(33)10-19(18)13-28/h3-10,13-14,21,24,30,33H,11-12H2,1-2H3/p+1/t14-,21?,24-/m1/s1. The first kappa shape index (κ1) is 23.5. The zero-order valence-electron chi connectivity index (χ0n) is 19.7. The number of aromatic nitrogens is 1. The number of hydrogen-bond donors (Lipinski definition) is 3. The SMILES string of the molecule is CC(=O)OC(=O)C1=C(c2ccc(C[n+]3ccc4cc(O)c(O)cc4c3)cc2)CC2[C@@H]([C@@H](C)O)C(=O)N12. The number of phenols is 2. The second-order valence-electron chi connectivity index (χ2n) is 9.24. The number of ether oxygens (including phenoxy) is 1. The lowest BCUT2D eigenvalue weighted by Crippen LogP contribution is -2.61. The molecule has 0 spiro atoms. The molecule has 2 aliphatic heterocycles. The summed E-state index contributed by atoms with van der Waals surface area (Å²) in [5, 5.41) is 31.1. The van der Waals surface area contributed by atoms with Crippen LogP contribution in [0.15, 0.2) is 60.6 Å². The number of rotatable bonds is 5. The number of fused-ring (bicyclic) bond motifs is 2. The monoisotopic (exact) mass is 489 g/mol. The van der Waals surface area contributed by atoms with Gasteiger partial charge >= 0.3 is 11.9 Å². The highest BCUT2D eigenvalue weighted by atomic mass is 16.6. The van der Waals surface area contributed by atoms with E-state index in [0.29, 0.717) is 18.5 Å². The molecule has 184 valence electrons. The molecule has 0 aliphatic carbocycles. The Hall–Kier alpha value is -4.24. The molecule has 9 nitrogen and oxygen atoms in total. The number of carbonyl (C=O) groups is 3. The van der Waals surface area contributed by atoms with Gasteiger partial charge in [-0.2, -0.15) is 0 Å². The van der Waals surface area contributed by atoms with E-state index in [1.807, 2.05) is 47.3 Å².